The van der Waals surface area contributed by atoms with E-state index in [0.717, 1.165) is 0 Å². The van der Waals surface area contributed by atoms with Crippen LogP contribution in [-0.2, 0) is 4.74 Å². The summed E-state index contributed by atoms with van der Waals surface area (Å²) in [6.45, 7) is 2.23. The van der Waals surface area contributed by atoms with Crippen molar-refractivity contribution in [1.29, 1.82) is 0 Å². The first kappa shape index (κ1) is 16.5. The van der Waals surface area contributed by atoms with Gasteiger partial charge in [-0.25, -0.2) is 9.59 Å². The van der Waals surface area contributed by atoms with Crippen molar-refractivity contribution < 1.29 is 19.4 Å². The van der Waals surface area contributed by atoms with Crippen molar-refractivity contribution in [3.8, 4) is 0 Å². The minimum Gasteiger partial charge on any atom is -0.478 e. The van der Waals surface area contributed by atoms with Gasteiger partial charge in [0.1, 0.15) is 0 Å². The average Bonchev–Trinajstić information content (AvgIpc) is 2.39. The largest absolute Gasteiger partial charge is 0.478 e. The van der Waals surface area contributed by atoms with Crippen LogP contribution in [0.2, 0.25) is 0 Å². The van der Waals surface area contributed by atoms with Gasteiger partial charge in [-0.05, 0) is 35.0 Å². The number of hydrogen-bond donors (Lipinski definition) is 2. The number of carbonyl (C=O) groups excluding carboxylic acids is 1. The summed E-state index contributed by atoms with van der Waals surface area (Å²) >= 11 is 3.24. The van der Waals surface area contributed by atoms with E-state index in [1.807, 2.05) is 6.92 Å². The molecule has 7 heteroatoms. The van der Waals surface area contributed by atoms with E-state index in [0.29, 0.717) is 11.1 Å². The summed E-state index contributed by atoms with van der Waals surface area (Å²) in [6, 6.07) is 4.17. The van der Waals surface area contributed by atoms with Crippen LogP contribution in [0.15, 0.2) is 22.7 Å². The van der Waals surface area contributed by atoms with Crippen LogP contribution in [0.1, 0.15) is 17.3 Å². The molecule has 1 aromatic carbocycles. The number of ether oxygens (including phenoxy) is 1. The van der Waals surface area contributed by atoms with Gasteiger partial charge < -0.3 is 20.1 Å². The molecule has 20 heavy (non-hydrogen) atoms. The number of nitrogens with one attached hydrogen (secondary N) is 1. The van der Waals surface area contributed by atoms with Crippen molar-refractivity contribution in [2.45, 2.75) is 13.0 Å². The Labute approximate surface area is 125 Å². The van der Waals surface area contributed by atoms with E-state index in [4.69, 9.17) is 9.84 Å². The van der Waals surface area contributed by atoms with E-state index in [2.05, 4.69) is 21.2 Å². The number of anilines is 1. The molecule has 0 aliphatic heterocycles. The summed E-state index contributed by atoms with van der Waals surface area (Å²) < 4.78 is 5.50. The minimum atomic E-state index is -1.10. The fourth-order valence-corrected chi connectivity index (χ4v) is 2.04. The summed E-state index contributed by atoms with van der Waals surface area (Å²) in [4.78, 5) is 24.7. The van der Waals surface area contributed by atoms with E-state index < -0.39 is 12.0 Å². The number of amides is 2. The van der Waals surface area contributed by atoms with E-state index in [9.17, 15) is 9.59 Å². The highest BCUT2D eigenvalue weighted by Gasteiger charge is 2.20. The third-order valence-electron chi connectivity index (χ3n) is 2.87. The second-order valence-electron chi connectivity index (χ2n) is 4.31. The molecule has 2 N–H and O–H groups in total. The molecule has 110 valence electrons. The van der Waals surface area contributed by atoms with Gasteiger partial charge >= 0.3 is 12.0 Å². The molecule has 0 radical (unpaired) electrons. The van der Waals surface area contributed by atoms with Crippen LogP contribution in [0.25, 0.3) is 0 Å². The normalized spacial score (nSPS) is 11.8. The Morgan fingerprint density at radius 3 is 2.70 bits per heavy atom. The number of hydrogen-bond acceptors (Lipinski definition) is 3. The van der Waals surface area contributed by atoms with Crippen LogP contribution in [0, 0.1) is 0 Å². The summed E-state index contributed by atoms with van der Waals surface area (Å²) in [6.07, 6.45) is 0. The highest BCUT2D eigenvalue weighted by Crippen LogP contribution is 2.26. The molecule has 0 aliphatic carbocycles. The van der Waals surface area contributed by atoms with E-state index in [1.54, 1.807) is 26.3 Å². The lowest BCUT2D eigenvalue weighted by Crippen LogP contribution is -2.40. The fourth-order valence-electron chi connectivity index (χ4n) is 1.58. The molecule has 0 fully saturated rings. The molecule has 0 heterocycles. The number of likely N-dealkylation sites (N-methyl/N-ethyl adjacent to an activating group) is 1. The highest BCUT2D eigenvalue weighted by molar-refractivity contribution is 9.10. The van der Waals surface area contributed by atoms with Gasteiger partial charge in [0.25, 0.3) is 0 Å². The molecule has 0 aromatic heterocycles. The van der Waals surface area contributed by atoms with Crippen molar-refractivity contribution >= 4 is 33.6 Å². The lowest BCUT2D eigenvalue weighted by atomic mass is 10.2. The number of rotatable bonds is 5. The molecule has 0 spiro atoms. The number of carboxylic acid groups (broad SMARTS) is 1. The van der Waals surface area contributed by atoms with Crippen molar-refractivity contribution in [2.24, 2.45) is 0 Å². The van der Waals surface area contributed by atoms with Gasteiger partial charge in [-0.2, -0.15) is 0 Å². The maximum absolute atomic E-state index is 12.1. The molecule has 1 atom stereocenters. The summed E-state index contributed by atoms with van der Waals surface area (Å²) in [7, 11) is 3.18. The second-order valence-corrected chi connectivity index (χ2v) is 5.17. The van der Waals surface area contributed by atoms with Gasteiger partial charge in [0.05, 0.1) is 23.9 Å². The Bertz CT molecular complexity index is 507. The zero-order valence-electron chi connectivity index (χ0n) is 11.5. The van der Waals surface area contributed by atoms with Crippen LogP contribution in [-0.4, -0.2) is 48.8 Å². The van der Waals surface area contributed by atoms with Crippen LogP contribution in [0.4, 0.5) is 10.5 Å². The van der Waals surface area contributed by atoms with Crippen LogP contribution < -0.4 is 5.32 Å². The van der Waals surface area contributed by atoms with Gasteiger partial charge in [0, 0.05) is 18.6 Å². The Balaban J connectivity index is 2.93. The Morgan fingerprint density at radius 2 is 2.15 bits per heavy atom. The molecular weight excluding hydrogens is 328 g/mol. The number of carboxylic acids is 1. The SMILES string of the molecule is COCC(C)N(C)C(=O)Nc1c(Br)cccc1C(=O)O. The number of methoxy groups -OCH3 is 1. The Kier molecular flexibility index (Phi) is 5.97. The van der Waals surface area contributed by atoms with E-state index >= 15 is 0 Å². The Hall–Kier alpha value is -1.60. The lowest BCUT2D eigenvalue weighted by Gasteiger charge is -2.25. The maximum atomic E-state index is 12.1. The van der Waals surface area contributed by atoms with E-state index in [1.165, 1.54) is 11.0 Å². The van der Waals surface area contributed by atoms with Gasteiger partial charge in [-0.1, -0.05) is 6.07 Å². The smallest absolute Gasteiger partial charge is 0.337 e. The minimum absolute atomic E-state index is 0.0283. The summed E-state index contributed by atoms with van der Waals surface area (Å²) in [5.74, 6) is -1.10. The van der Waals surface area contributed by atoms with Gasteiger partial charge in [-0.3, -0.25) is 0 Å². The molecule has 1 aromatic rings. The predicted octanol–water partition coefficient (Wildman–Crippen LogP) is 2.65. The van der Waals surface area contributed by atoms with Crippen LogP contribution in [0.5, 0.6) is 0 Å². The topological polar surface area (TPSA) is 78.9 Å². The molecule has 0 bridgehead atoms. The molecule has 1 rings (SSSR count). The predicted molar refractivity (Wildman–Crippen MR) is 79.2 cm³/mol. The number of para-hydroxylation sites is 1. The first-order chi connectivity index (χ1) is 9.38. The average molecular weight is 345 g/mol. The fraction of sp³-hybridized carbons (Fsp3) is 0.385. The first-order valence-electron chi connectivity index (χ1n) is 5.93. The molecular formula is C13H17BrN2O4. The number of halogens is 1. The molecule has 1 unspecified atom stereocenters. The standard InChI is InChI=1S/C13H17BrN2O4/c1-8(7-20-3)16(2)13(19)15-11-9(12(17)18)5-4-6-10(11)14/h4-6,8H,7H2,1-3H3,(H,15,19)(H,17,18). The maximum Gasteiger partial charge on any atom is 0.337 e. The highest BCUT2D eigenvalue weighted by atomic mass is 79.9. The third kappa shape index (κ3) is 3.94. The molecule has 0 aliphatic rings. The van der Waals surface area contributed by atoms with Gasteiger partial charge in [0.2, 0.25) is 0 Å². The van der Waals surface area contributed by atoms with Crippen molar-refractivity contribution in [2.75, 3.05) is 26.1 Å². The lowest BCUT2D eigenvalue weighted by molar-refractivity contribution is 0.0698. The van der Waals surface area contributed by atoms with Crippen LogP contribution >= 0.6 is 15.9 Å². The van der Waals surface area contributed by atoms with Crippen molar-refractivity contribution in [3.05, 3.63) is 28.2 Å². The molecule has 2 amide bonds. The summed E-state index contributed by atoms with van der Waals surface area (Å²) in [5, 5.41) is 11.7. The third-order valence-corrected chi connectivity index (χ3v) is 3.53. The zero-order valence-corrected chi connectivity index (χ0v) is 13.1. The summed E-state index contributed by atoms with van der Waals surface area (Å²) in [5.41, 5.74) is 0.266. The monoisotopic (exact) mass is 344 g/mol. The number of benzene rings is 1. The van der Waals surface area contributed by atoms with Crippen LogP contribution in [0.3, 0.4) is 0 Å². The van der Waals surface area contributed by atoms with Gasteiger partial charge in [0.15, 0.2) is 0 Å². The van der Waals surface area contributed by atoms with Gasteiger partial charge in [-0.15, -0.1) is 0 Å². The van der Waals surface area contributed by atoms with E-state index in [-0.39, 0.29) is 17.3 Å². The number of nitrogens with zero attached hydrogens (tertiary/aromatic N) is 1. The number of carbonyl (C=O) groups is 2. The second kappa shape index (κ2) is 7.25. The quantitative estimate of drug-likeness (QED) is 0.860. The zero-order chi connectivity index (χ0) is 15.3. The van der Waals surface area contributed by atoms with Crippen molar-refractivity contribution in [1.82, 2.24) is 4.90 Å². The molecule has 0 saturated heterocycles. The molecule has 6 nitrogen and oxygen atoms in total. The first-order valence-corrected chi connectivity index (χ1v) is 6.72. The number of aromatic carboxylic acids is 1. The number of urea groups is 1. The molecule has 0 saturated carbocycles. The van der Waals surface area contributed by atoms with Crippen molar-refractivity contribution in [3.63, 3.8) is 0 Å². The Morgan fingerprint density at radius 1 is 1.50 bits per heavy atom.